The van der Waals surface area contributed by atoms with E-state index in [0.717, 1.165) is 6.07 Å². The molecule has 0 bridgehead atoms. The topological polar surface area (TPSA) is 105 Å². The van der Waals surface area contributed by atoms with Crippen LogP contribution in [0.5, 0.6) is 11.5 Å². The van der Waals surface area contributed by atoms with Gasteiger partial charge < -0.3 is 20.1 Å². The number of nitrogens with zero attached hydrogens (tertiary/aromatic N) is 2. The summed E-state index contributed by atoms with van der Waals surface area (Å²) in [6, 6.07) is 10.1. The van der Waals surface area contributed by atoms with Gasteiger partial charge in [-0.3, -0.25) is 14.9 Å². The molecule has 1 aliphatic rings. The number of carbonyl (C=O) groups excluding carboxylic acids is 1. The second kappa shape index (κ2) is 8.50. The lowest BCUT2D eigenvalue weighted by molar-refractivity contribution is -0.385. The van der Waals surface area contributed by atoms with Crippen molar-refractivity contribution in [2.45, 2.75) is 19.9 Å². The molecule has 1 atom stereocenters. The Balaban J connectivity index is 2.25. The number of benzene rings is 2. The van der Waals surface area contributed by atoms with Gasteiger partial charge in [-0.1, -0.05) is 30.3 Å². The third-order valence-electron chi connectivity index (χ3n) is 5.03. The molecule has 0 saturated carbocycles. The van der Waals surface area contributed by atoms with Crippen molar-refractivity contribution in [3.05, 3.63) is 75.0 Å². The van der Waals surface area contributed by atoms with Crippen molar-refractivity contribution in [1.29, 1.82) is 0 Å². The number of phenolic OH excluding ortho intramolecular Hbond substituents is 1. The third-order valence-corrected chi connectivity index (χ3v) is 5.37. The minimum atomic E-state index is -0.912. The number of thiocarbonyl (C=S) groups is 1. The van der Waals surface area contributed by atoms with Gasteiger partial charge in [0.2, 0.25) is 0 Å². The number of hydrogen-bond acceptors (Lipinski definition) is 6. The number of rotatable bonds is 6. The van der Waals surface area contributed by atoms with Crippen LogP contribution in [-0.2, 0) is 0 Å². The quantitative estimate of drug-likeness (QED) is 0.311. The van der Waals surface area contributed by atoms with Crippen LogP contribution in [0.4, 0.5) is 5.69 Å². The zero-order valence-corrected chi connectivity index (χ0v) is 17.5. The number of methoxy groups -OCH3 is 1. The number of ketones is 1. The molecule has 1 unspecified atom stereocenters. The summed E-state index contributed by atoms with van der Waals surface area (Å²) in [5, 5.41) is 25.4. The number of nitrogens with one attached hydrogen (secondary N) is 1. The van der Waals surface area contributed by atoms with Crippen molar-refractivity contribution >= 4 is 28.8 Å². The Bertz CT molecular complexity index is 1050. The SMILES string of the molecule is CCN1C(=S)NC(c2cc(O)c(OC)cc2[N+](=O)[O-])C(C(=O)c2ccccc2)=C1C. The van der Waals surface area contributed by atoms with Crippen LogP contribution < -0.4 is 10.1 Å². The summed E-state index contributed by atoms with van der Waals surface area (Å²) in [4.78, 5) is 26.4. The molecule has 8 nitrogen and oxygen atoms in total. The zero-order chi connectivity index (χ0) is 22.0. The minimum absolute atomic E-state index is 0.0318. The predicted octanol–water partition coefficient (Wildman–Crippen LogP) is 3.72. The Morgan fingerprint density at radius 1 is 1.33 bits per heavy atom. The van der Waals surface area contributed by atoms with Crippen LogP contribution in [0.25, 0.3) is 0 Å². The number of hydrogen-bond donors (Lipinski definition) is 2. The fraction of sp³-hybridized carbons (Fsp3) is 0.238. The van der Waals surface area contributed by atoms with Crippen LogP contribution in [0.3, 0.4) is 0 Å². The molecule has 0 saturated heterocycles. The minimum Gasteiger partial charge on any atom is -0.504 e. The van der Waals surface area contributed by atoms with Crippen molar-refractivity contribution in [3.8, 4) is 11.5 Å². The molecule has 2 aromatic carbocycles. The normalized spacial score (nSPS) is 16.3. The largest absolute Gasteiger partial charge is 0.504 e. The van der Waals surface area contributed by atoms with Gasteiger partial charge in [-0.2, -0.15) is 0 Å². The highest BCUT2D eigenvalue weighted by Gasteiger charge is 2.37. The molecule has 1 heterocycles. The highest BCUT2D eigenvalue weighted by atomic mass is 32.1. The molecule has 30 heavy (non-hydrogen) atoms. The average molecular weight is 427 g/mol. The Kier molecular flexibility index (Phi) is 6.02. The van der Waals surface area contributed by atoms with E-state index in [1.807, 2.05) is 6.92 Å². The van der Waals surface area contributed by atoms with Crippen molar-refractivity contribution in [3.63, 3.8) is 0 Å². The molecule has 2 aromatic rings. The Hall–Kier alpha value is -3.46. The van der Waals surface area contributed by atoms with E-state index in [4.69, 9.17) is 17.0 Å². The molecule has 0 fully saturated rings. The first-order chi connectivity index (χ1) is 14.3. The van der Waals surface area contributed by atoms with E-state index in [0.29, 0.717) is 28.5 Å². The third kappa shape index (κ3) is 3.71. The second-order valence-corrected chi connectivity index (χ2v) is 7.05. The first kappa shape index (κ1) is 21.3. The lowest BCUT2D eigenvalue weighted by atomic mass is 9.88. The van der Waals surface area contributed by atoms with Gasteiger partial charge in [0.05, 0.1) is 29.7 Å². The van der Waals surface area contributed by atoms with Crippen molar-refractivity contribution in [2.75, 3.05) is 13.7 Å². The van der Waals surface area contributed by atoms with Gasteiger partial charge in [0.25, 0.3) is 5.69 Å². The summed E-state index contributed by atoms with van der Waals surface area (Å²) in [5.41, 5.74) is 1.20. The lowest BCUT2D eigenvalue weighted by Crippen LogP contribution is -2.47. The van der Waals surface area contributed by atoms with Gasteiger partial charge in [0, 0.05) is 23.4 Å². The first-order valence-electron chi connectivity index (χ1n) is 9.23. The Labute approximate surface area is 178 Å². The van der Waals surface area contributed by atoms with Crippen LogP contribution in [0.2, 0.25) is 0 Å². The fourth-order valence-electron chi connectivity index (χ4n) is 3.56. The molecule has 0 spiro atoms. The van der Waals surface area contributed by atoms with E-state index in [2.05, 4.69) is 5.32 Å². The first-order valence-corrected chi connectivity index (χ1v) is 9.64. The van der Waals surface area contributed by atoms with Gasteiger partial charge in [-0.15, -0.1) is 0 Å². The van der Waals surface area contributed by atoms with E-state index in [1.54, 1.807) is 42.2 Å². The number of allylic oxidation sites excluding steroid dienone is 1. The number of aromatic hydroxyl groups is 1. The second-order valence-electron chi connectivity index (χ2n) is 6.66. The van der Waals surface area contributed by atoms with Crippen LogP contribution in [-0.4, -0.2) is 39.5 Å². The average Bonchev–Trinajstić information content (AvgIpc) is 2.73. The number of nitro groups is 1. The highest BCUT2D eigenvalue weighted by molar-refractivity contribution is 7.80. The summed E-state index contributed by atoms with van der Waals surface area (Å²) >= 11 is 5.44. The van der Waals surface area contributed by atoms with Gasteiger partial charge in [0.1, 0.15) is 0 Å². The standard InChI is InChI=1S/C21H21N3O5S/c1-4-23-12(2)18(20(26)13-8-6-5-7-9-13)19(22-21(23)30)14-10-16(25)17(29-3)11-15(14)24(27)28/h5-11,19,25H,4H2,1-3H3,(H,22,30). The van der Waals surface area contributed by atoms with Crippen LogP contribution in [0.1, 0.15) is 35.8 Å². The fourth-order valence-corrected chi connectivity index (χ4v) is 3.95. The van der Waals surface area contributed by atoms with Gasteiger partial charge >= 0.3 is 0 Å². The number of carbonyl (C=O) groups is 1. The van der Waals surface area contributed by atoms with Crippen molar-refractivity contribution in [1.82, 2.24) is 10.2 Å². The molecule has 0 aliphatic carbocycles. The lowest BCUT2D eigenvalue weighted by Gasteiger charge is -2.37. The maximum Gasteiger partial charge on any atom is 0.279 e. The highest BCUT2D eigenvalue weighted by Crippen LogP contribution is 2.41. The van der Waals surface area contributed by atoms with Crippen LogP contribution in [0, 0.1) is 10.1 Å². The van der Waals surface area contributed by atoms with Crippen LogP contribution in [0.15, 0.2) is 53.7 Å². The molecule has 0 radical (unpaired) electrons. The molecule has 9 heteroatoms. The van der Waals surface area contributed by atoms with Gasteiger partial charge in [-0.25, -0.2) is 0 Å². The summed E-state index contributed by atoms with van der Waals surface area (Å²) in [7, 11) is 1.31. The summed E-state index contributed by atoms with van der Waals surface area (Å²) in [6.07, 6.45) is 0. The molecular formula is C21H21N3O5S. The Morgan fingerprint density at radius 2 is 2.00 bits per heavy atom. The molecule has 2 N–H and O–H groups in total. The number of Topliss-reactive ketones (excluding diaryl/α,β-unsaturated/α-hetero) is 1. The van der Waals surface area contributed by atoms with Crippen molar-refractivity contribution in [2.24, 2.45) is 0 Å². The molecule has 3 rings (SSSR count). The van der Waals surface area contributed by atoms with Gasteiger partial charge in [0.15, 0.2) is 22.4 Å². The number of nitro benzene ring substituents is 1. The van der Waals surface area contributed by atoms with Gasteiger partial charge in [-0.05, 0) is 32.1 Å². The molecule has 0 aromatic heterocycles. The van der Waals surface area contributed by atoms with E-state index in [1.165, 1.54) is 13.2 Å². The maximum atomic E-state index is 13.4. The molecular weight excluding hydrogens is 406 g/mol. The van der Waals surface area contributed by atoms with E-state index in [9.17, 15) is 20.0 Å². The number of phenols is 1. The summed E-state index contributed by atoms with van der Waals surface area (Å²) in [5.74, 6) is -0.584. The number of ether oxygens (including phenoxy) is 1. The van der Waals surface area contributed by atoms with Crippen LogP contribution >= 0.6 is 12.2 Å². The van der Waals surface area contributed by atoms with Crippen molar-refractivity contribution < 1.29 is 19.6 Å². The summed E-state index contributed by atoms with van der Waals surface area (Å²) < 4.78 is 5.01. The monoisotopic (exact) mass is 427 g/mol. The molecule has 156 valence electrons. The predicted molar refractivity (Wildman–Crippen MR) is 116 cm³/mol. The van der Waals surface area contributed by atoms with E-state index in [-0.39, 0.29) is 28.5 Å². The zero-order valence-electron chi connectivity index (χ0n) is 16.7. The maximum absolute atomic E-state index is 13.4. The Morgan fingerprint density at radius 3 is 2.57 bits per heavy atom. The molecule has 0 amide bonds. The molecule has 1 aliphatic heterocycles. The smallest absolute Gasteiger partial charge is 0.279 e. The summed E-state index contributed by atoms with van der Waals surface area (Å²) in [6.45, 7) is 4.17. The van der Waals surface area contributed by atoms with E-state index < -0.39 is 11.0 Å². The van der Waals surface area contributed by atoms with E-state index >= 15 is 0 Å².